The highest BCUT2D eigenvalue weighted by molar-refractivity contribution is 5.92. The molecule has 0 aliphatic heterocycles. The highest BCUT2D eigenvalue weighted by Gasteiger charge is 2.19. The van der Waals surface area contributed by atoms with E-state index in [-0.39, 0.29) is 11.8 Å². The Morgan fingerprint density at radius 3 is 2.28 bits per heavy atom. The van der Waals surface area contributed by atoms with Gasteiger partial charge in [0.15, 0.2) is 0 Å². The molecule has 0 aliphatic carbocycles. The number of carboxylic acid groups (broad SMARTS) is 1. The van der Waals surface area contributed by atoms with E-state index in [0.29, 0.717) is 17.7 Å². The summed E-state index contributed by atoms with van der Waals surface area (Å²) in [6.07, 6.45) is 0.630. The van der Waals surface area contributed by atoms with E-state index in [4.69, 9.17) is 5.11 Å². The van der Waals surface area contributed by atoms with Gasteiger partial charge in [-0.3, -0.25) is 14.3 Å². The minimum Gasteiger partial charge on any atom is -0.481 e. The topological polar surface area (TPSA) is 84.2 Å². The lowest BCUT2D eigenvalue weighted by Gasteiger charge is -2.13. The Labute approximate surface area is 147 Å². The van der Waals surface area contributed by atoms with Crippen LogP contribution in [0.5, 0.6) is 0 Å². The average Bonchev–Trinajstić information content (AvgIpc) is 2.81. The molecule has 1 heterocycles. The summed E-state index contributed by atoms with van der Waals surface area (Å²) in [6.45, 7) is 7.48. The number of rotatable bonds is 6. The van der Waals surface area contributed by atoms with Crippen molar-refractivity contribution in [2.75, 3.05) is 5.32 Å². The number of carbonyl (C=O) groups excluding carboxylic acids is 1. The lowest BCUT2D eigenvalue weighted by molar-refractivity contribution is -0.138. The van der Waals surface area contributed by atoms with E-state index in [1.54, 1.807) is 31.2 Å². The molecule has 2 atom stereocenters. The van der Waals surface area contributed by atoms with Crippen LogP contribution < -0.4 is 5.32 Å². The number of aliphatic carboxylic acids is 1. The molecule has 134 valence electrons. The average molecular weight is 343 g/mol. The molecule has 6 nitrogen and oxygen atoms in total. The summed E-state index contributed by atoms with van der Waals surface area (Å²) >= 11 is 0. The first-order valence-electron chi connectivity index (χ1n) is 8.33. The van der Waals surface area contributed by atoms with Crippen LogP contribution in [0, 0.1) is 19.8 Å². The first-order chi connectivity index (χ1) is 11.7. The highest BCUT2D eigenvalue weighted by atomic mass is 16.4. The van der Waals surface area contributed by atoms with Gasteiger partial charge in [-0.05, 0) is 50.5 Å². The van der Waals surface area contributed by atoms with Gasteiger partial charge in [-0.15, -0.1) is 0 Å². The number of amides is 1. The maximum atomic E-state index is 12.4. The van der Waals surface area contributed by atoms with Crippen LogP contribution >= 0.6 is 0 Å². The van der Waals surface area contributed by atoms with Crippen molar-refractivity contribution >= 4 is 17.6 Å². The molecule has 0 aliphatic rings. The zero-order chi connectivity index (χ0) is 18.7. The number of aromatic nitrogens is 2. The van der Waals surface area contributed by atoms with Crippen molar-refractivity contribution < 1.29 is 14.7 Å². The van der Waals surface area contributed by atoms with Gasteiger partial charge in [0, 0.05) is 24.3 Å². The van der Waals surface area contributed by atoms with E-state index in [9.17, 15) is 9.59 Å². The first kappa shape index (κ1) is 18.7. The van der Waals surface area contributed by atoms with Crippen LogP contribution in [0.25, 0.3) is 0 Å². The van der Waals surface area contributed by atoms with Gasteiger partial charge in [-0.2, -0.15) is 5.10 Å². The Balaban J connectivity index is 2.02. The van der Waals surface area contributed by atoms with Crippen LogP contribution in [0.3, 0.4) is 0 Å². The maximum absolute atomic E-state index is 12.4. The van der Waals surface area contributed by atoms with Crippen molar-refractivity contribution in [3.8, 4) is 0 Å². The van der Waals surface area contributed by atoms with Gasteiger partial charge < -0.3 is 10.4 Å². The fraction of sp³-hybridized carbons (Fsp3) is 0.421. The fourth-order valence-electron chi connectivity index (χ4n) is 2.77. The molecule has 1 aromatic carbocycles. The van der Waals surface area contributed by atoms with Crippen LogP contribution in [0.4, 0.5) is 5.69 Å². The molecule has 0 saturated heterocycles. The largest absolute Gasteiger partial charge is 0.481 e. The van der Waals surface area contributed by atoms with Gasteiger partial charge in [-0.1, -0.05) is 19.1 Å². The second-order valence-electron chi connectivity index (χ2n) is 6.55. The molecular weight excluding hydrogens is 318 g/mol. The van der Waals surface area contributed by atoms with Crippen LogP contribution in [0.2, 0.25) is 0 Å². The molecule has 2 aromatic rings. The molecule has 0 spiro atoms. The van der Waals surface area contributed by atoms with Crippen LogP contribution in [0.1, 0.15) is 42.3 Å². The van der Waals surface area contributed by atoms with E-state index in [1.807, 2.05) is 32.5 Å². The zero-order valence-electron chi connectivity index (χ0n) is 15.3. The van der Waals surface area contributed by atoms with E-state index < -0.39 is 11.9 Å². The van der Waals surface area contributed by atoms with Crippen molar-refractivity contribution in [1.82, 2.24) is 9.78 Å². The van der Waals surface area contributed by atoms with Gasteiger partial charge in [0.2, 0.25) is 5.91 Å². The van der Waals surface area contributed by atoms with Gasteiger partial charge in [0.1, 0.15) is 0 Å². The third-order valence-corrected chi connectivity index (χ3v) is 4.67. The number of hydrogen-bond acceptors (Lipinski definition) is 3. The van der Waals surface area contributed by atoms with Crippen molar-refractivity contribution in [2.24, 2.45) is 13.0 Å². The number of aryl methyl sites for hydroxylation is 2. The van der Waals surface area contributed by atoms with Gasteiger partial charge in [-0.25, -0.2) is 0 Å². The van der Waals surface area contributed by atoms with Crippen molar-refractivity contribution in [1.29, 1.82) is 0 Å². The summed E-state index contributed by atoms with van der Waals surface area (Å²) in [4.78, 5) is 23.4. The molecule has 25 heavy (non-hydrogen) atoms. The number of nitrogens with zero attached hydrogens (tertiary/aromatic N) is 2. The Morgan fingerprint density at radius 2 is 1.80 bits per heavy atom. The zero-order valence-corrected chi connectivity index (χ0v) is 15.3. The lowest BCUT2D eigenvalue weighted by atomic mass is 9.98. The molecule has 2 rings (SSSR count). The molecule has 6 heteroatoms. The third kappa shape index (κ3) is 4.26. The van der Waals surface area contributed by atoms with Crippen molar-refractivity contribution in [2.45, 2.75) is 40.0 Å². The lowest BCUT2D eigenvalue weighted by Crippen LogP contribution is -2.22. The molecule has 2 N–H and O–H groups in total. The van der Waals surface area contributed by atoms with Crippen molar-refractivity contribution in [3.63, 3.8) is 0 Å². The smallest absolute Gasteiger partial charge is 0.310 e. The molecule has 1 aromatic heterocycles. The standard InChI is InChI=1S/C19H25N3O3/c1-11(10-17-13(3)21-22(5)14(17)4)18(23)20-16-8-6-15(7-9-16)12(2)19(24)25/h6-9,11-12H,10H2,1-5H3,(H,20,23)(H,24,25). The first-order valence-corrected chi connectivity index (χ1v) is 8.33. The summed E-state index contributed by atoms with van der Waals surface area (Å²) in [6, 6.07) is 6.93. The SMILES string of the molecule is Cc1nn(C)c(C)c1CC(C)C(=O)Nc1ccc(C(C)C(=O)O)cc1. The minimum atomic E-state index is -0.868. The normalized spacial score (nSPS) is 13.3. The summed E-state index contributed by atoms with van der Waals surface area (Å²) in [5, 5.41) is 16.3. The summed E-state index contributed by atoms with van der Waals surface area (Å²) < 4.78 is 1.83. The quantitative estimate of drug-likeness (QED) is 0.844. The van der Waals surface area contributed by atoms with Gasteiger partial charge in [0.25, 0.3) is 0 Å². The molecular formula is C19H25N3O3. The van der Waals surface area contributed by atoms with Crippen molar-refractivity contribution in [3.05, 3.63) is 46.8 Å². The van der Waals surface area contributed by atoms with E-state index in [0.717, 1.165) is 17.0 Å². The summed E-state index contributed by atoms with van der Waals surface area (Å²) in [5.41, 5.74) is 4.50. The Morgan fingerprint density at radius 1 is 1.20 bits per heavy atom. The molecule has 0 fully saturated rings. The van der Waals surface area contributed by atoms with Gasteiger partial charge in [0.05, 0.1) is 11.6 Å². The van der Waals surface area contributed by atoms with E-state index in [2.05, 4.69) is 10.4 Å². The Hall–Kier alpha value is -2.63. The number of hydrogen-bond donors (Lipinski definition) is 2. The fourth-order valence-corrected chi connectivity index (χ4v) is 2.77. The van der Waals surface area contributed by atoms with Crippen LogP contribution in [-0.4, -0.2) is 26.8 Å². The highest BCUT2D eigenvalue weighted by Crippen LogP contribution is 2.20. The third-order valence-electron chi connectivity index (χ3n) is 4.67. The predicted octanol–water partition coefficient (Wildman–Crippen LogP) is 3.04. The van der Waals surface area contributed by atoms with Gasteiger partial charge >= 0.3 is 5.97 Å². The number of carboxylic acids is 1. The minimum absolute atomic E-state index is 0.0679. The maximum Gasteiger partial charge on any atom is 0.310 e. The number of anilines is 1. The number of carbonyl (C=O) groups is 2. The number of nitrogens with one attached hydrogen (secondary N) is 1. The molecule has 1 amide bonds. The second kappa shape index (κ2) is 7.51. The molecule has 0 radical (unpaired) electrons. The monoisotopic (exact) mass is 343 g/mol. The van der Waals surface area contributed by atoms with E-state index in [1.165, 1.54) is 0 Å². The summed E-state index contributed by atoms with van der Waals surface area (Å²) in [5.74, 6) is -1.70. The summed E-state index contributed by atoms with van der Waals surface area (Å²) in [7, 11) is 1.90. The molecule has 0 bridgehead atoms. The van der Waals surface area contributed by atoms with E-state index >= 15 is 0 Å². The second-order valence-corrected chi connectivity index (χ2v) is 6.55. The Bertz CT molecular complexity index is 778. The van der Waals surface area contributed by atoms with Crippen LogP contribution in [-0.2, 0) is 23.1 Å². The molecule has 2 unspecified atom stereocenters. The number of benzene rings is 1. The Kier molecular flexibility index (Phi) is 5.62. The molecule has 0 saturated carbocycles. The predicted molar refractivity (Wildman–Crippen MR) is 96.7 cm³/mol. The van der Waals surface area contributed by atoms with Crippen LogP contribution in [0.15, 0.2) is 24.3 Å².